The number of hydrogen-bond donors (Lipinski definition) is 2. The molecule has 4 heteroatoms. The highest BCUT2D eigenvalue weighted by Gasteiger charge is 2.06. The summed E-state index contributed by atoms with van der Waals surface area (Å²) in [6.45, 7) is 5.01. The van der Waals surface area contributed by atoms with E-state index in [2.05, 4.69) is 17.2 Å². The smallest absolute Gasteiger partial charge is 0.127 e. The van der Waals surface area contributed by atoms with Crippen molar-refractivity contribution in [2.75, 3.05) is 27.7 Å². The topological polar surface area (TPSA) is 53.6 Å². The summed E-state index contributed by atoms with van der Waals surface area (Å²) in [4.78, 5) is 6.05. The Morgan fingerprint density at radius 2 is 2.00 bits per heavy atom. The molecule has 0 aliphatic rings. The lowest BCUT2D eigenvalue weighted by Gasteiger charge is -2.17. The highest BCUT2D eigenvalue weighted by atomic mass is 15.1. The molecule has 0 heterocycles. The van der Waals surface area contributed by atoms with Gasteiger partial charge in [-0.25, -0.2) is 0 Å². The Morgan fingerprint density at radius 3 is 2.36 bits per heavy atom. The van der Waals surface area contributed by atoms with Gasteiger partial charge in [-0.1, -0.05) is 6.92 Å². The summed E-state index contributed by atoms with van der Waals surface area (Å²) < 4.78 is 0. The minimum Gasteiger partial charge on any atom is -0.385 e. The highest BCUT2D eigenvalue weighted by Crippen LogP contribution is 2.01. The molecule has 0 aromatic carbocycles. The summed E-state index contributed by atoms with van der Waals surface area (Å²) in [6.07, 6.45) is 1.08. The van der Waals surface area contributed by atoms with Gasteiger partial charge in [0.2, 0.25) is 0 Å². The van der Waals surface area contributed by atoms with Crippen LogP contribution in [0.1, 0.15) is 20.3 Å². The van der Waals surface area contributed by atoms with Gasteiger partial charge in [-0.05, 0) is 13.3 Å². The fourth-order valence-corrected chi connectivity index (χ4v) is 1.08. The first-order chi connectivity index (χ1) is 6.54. The number of nitrogens with one attached hydrogen (secondary N) is 1. The quantitative estimate of drug-likeness (QED) is 0.518. The summed E-state index contributed by atoms with van der Waals surface area (Å²) in [6, 6.07) is 0. The van der Waals surface area contributed by atoms with Crippen LogP contribution in [-0.2, 0) is 0 Å². The maximum absolute atomic E-state index is 5.89. The number of hydrogen-bond acceptors (Lipinski definition) is 3. The molecule has 0 spiro atoms. The van der Waals surface area contributed by atoms with E-state index in [1.807, 2.05) is 25.9 Å². The zero-order valence-electron chi connectivity index (χ0n) is 9.89. The molecular weight excluding hydrogens is 176 g/mol. The van der Waals surface area contributed by atoms with Gasteiger partial charge in [0, 0.05) is 33.3 Å². The van der Waals surface area contributed by atoms with Gasteiger partial charge in [0.15, 0.2) is 0 Å². The van der Waals surface area contributed by atoms with E-state index in [1.165, 1.54) is 0 Å². The molecule has 3 N–H and O–H groups in total. The number of aliphatic imine (C=N–C) groups is 1. The third kappa shape index (κ3) is 3.68. The van der Waals surface area contributed by atoms with Gasteiger partial charge in [-0.15, -0.1) is 0 Å². The van der Waals surface area contributed by atoms with E-state index in [-0.39, 0.29) is 0 Å². The third-order valence-electron chi connectivity index (χ3n) is 1.99. The lowest BCUT2D eigenvalue weighted by molar-refractivity contribution is 0.501. The Bertz CT molecular complexity index is 228. The van der Waals surface area contributed by atoms with Crippen LogP contribution in [0.15, 0.2) is 16.4 Å². The fraction of sp³-hybridized carbons (Fsp3) is 0.700. The van der Waals surface area contributed by atoms with Gasteiger partial charge in [0.1, 0.15) is 11.7 Å². The highest BCUT2D eigenvalue weighted by molar-refractivity contribution is 5.98. The second-order valence-corrected chi connectivity index (χ2v) is 3.40. The first kappa shape index (κ1) is 12.8. The lowest BCUT2D eigenvalue weighted by Crippen LogP contribution is -2.30. The second kappa shape index (κ2) is 6.29. The van der Waals surface area contributed by atoms with E-state index in [9.17, 15) is 0 Å². The zero-order chi connectivity index (χ0) is 11.1. The summed E-state index contributed by atoms with van der Waals surface area (Å²) >= 11 is 0. The van der Waals surface area contributed by atoms with Crippen molar-refractivity contribution in [2.45, 2.75) is 20.3 Å². The Labute approximate surface area is 86.9 Å². The van der Waals surface area contributed by atoms with Crippen molar-refractivity contribution in [1.82, 2.24) is 10.2 Å². The van der Waals surface area contributed by atoms with Gasteiger partial charge >= 0.3 is 0 Å². The zero-order valence-corrected chi connectivity index (χ0v) is 9.89. The molecule has 0 aliphatic carbocycles. The molecule has 0 saturated heterocycles. The molecule has 0 aliphatic heterocycles. The largest absolute Gasteiger partial charge is 0.385 e. The number of nitrogens with zero attached hydrogens (tertiary/aromatic N) is 2. The van der Waals surface area contributed by atoms with E-state index in [1.54, 1.807) is 7.05 Å². The molecular formula is C10H22N4. The molecule has 0 saturated carbocycles. The van der Waals surface area contributed by atoms with Crippen LogP contribution in [0.4, 0.5) is 0 Å². The van der Waals surface area contributed by atoms with Crippen LogP contribution in [0.2, 0.25) is 0 Å². The molecule has 14 heavy (non-hydrogen) atoms. The average Bonchev–Trinajstić information content (AvgIpc) is 2.17. The molecule has 0 atom stereocenters. The Morgan fingerprint density at radius 1 is 1.43 bits per heavy atom. The molecule has 82 valence electrons. The van der Waals surface area contributed by atoms with E-state index in [4.69, 9.17) is 5.73 Å². The summed E-state index contributed by atoms with van der Waals surface area (Å²) in [5.41, 5.74) is 6.88. The number of rotatable bonds is 4. The van der Waals surface area contributed by atoms with Crippen molar-refractivity contribution < 1.29 is 0 Å². The van der Waals surface area contributed by atoms with Gasteiger partial charge in [0.25, 0.3) is 0 Å². The summed E-state index contributed by atoms with van der Waals surface area (Å²) in [5, 5.41) is 3.24. The van der Waals surface area contributed by atoms with E-state index in [0.29, 0.717) is 0 Å². The van der Waals surface area contributed by atoms with Crippen molar-refractivity contribution in [3.63, 3.8) is 0 Å². The fourth-order valence-electron chi connectivity index (χ4n) is 1.08. The molecule has 0 amide bonds. The first-order valence-electron chi connectivity index (χ1n) is 4.89. The van der Waals surface area contributed by atoms with Crippen LogP contribution >= 0.6 is 0 Å². The SMILES string of the molecule is CCCNC(=N/C)/C(C)=C(\N)N(C)C. The van der Waals surface area contributed by atoms with Crippen LogP contribution in [0.5, 0.6) is 0 Å². The second-order valence-electron chi connectivity index (χ2n) is 3.40. The summed E-state index contributed by atoms with van der Waals surface area (Å²) in [7, 11) is 5.61. The van der Waals surface area contributed by atoms with Crippen molar-refractivity contribution in [3.05, 3.63) is 11.4 Å². The maximum atomic E-state index is 5.89. The maximum Gasteiger partial charge on any atom is 0.127 e. The van der Waals surface area contributed by atoms with Crippen LogP contribution in [0.3, 0.4) is 0 Å². The van der Waals surface area contributed by atoms with Crippen LogP contribution in [0, 0.1) is 0 Å². The predicted molar refractivity (Wildman–Crippen MR) is 62.2 cm³/mol. The van der Waals surface area contributed by atoms with Gasteiger partial charge in [-0.2, -0.15) is 0 Å². The van der Waals surface area contributed by atoms with Gasteiger partial charge in [-0.3, -0.25) is 4.99 Å². The summed E-state index contributed by atoms with van der Waals surface area (Å²) in [5.74, 6) is 1.62. The molecule has 0 bridgehead atoms. The van der Waals surface area contributed by atoms with Crippen LogP contribution in [-0.4, -0.2) is 38.4 Å². The Balaban J connectivity index is 4.62. The van der Waals surface area contributed by atoms with Gasteiger partial charge < -0.3 is 16.0 Å². The van der Waals surface area contributed by atoms with Crippen molar-refractivity contribution in [3.8, 4) is 0 Å². The van der Waals surface area contributed by atoms with Crippen molar-refractivity contribution in [2.24, 2.45) is 10.7 Å². The molecule has 0 fully saturated rings. The number of amidine groups is 1. The van der Waals surface area contributed by atoms with E-state index < -0.39 is 0 Å². The van der Waals surface area contributed by atoms with Gasteiger partial charge in [0.05, 0.1) is 0 Å². The van der Waals surface area contributed by atoms with E-state index >= 15 is 0 Å². The minimum absolute atomic E-state index is 0.745. The average molecular weight is 198 g/mol. The normalized spacial score (nSPS) is 13.6. The van der Waals surface area contributed by atoms with Crippen molar-refractivity contribution >= 4 is 5.84 Å². The molecule has 0 aromatic rings. The Hall–Kier alpha value is -1.19. The molecule has 0 aromatic heterocycles. The molecule has 0 rings (SSSR count). The third-order valence-corrected chi connectivity index (χ3v) is 1.99. The van der Waals surface area contributed by atoms with Crippen molar-refractivity contribution in [1.29, 1.82) is 0 Å². The molecule has 4 nitrogen and oxygen atoms in total. The molecule has 0 unspecified atom stereocenters. The standard InChI is InChI=1S/C10H22N4/c1-6-7-13-10(12-3)8(2)9(11)14(4)5/h6-7,11H2,1-5H3,(H,12,13)/b9-8+. The van der Waals surface area contributed by atoms with E-state index in [0.717, 1.165) is 30.2 Å². The molecule has 0 radical (unpaired) electrons. The number of nitrogens with two attached hydrogens (primary N) is 1. The first-order valence-corrected chi connectivity index (χ1v) is 4.89. The van der Waals surface area contributed by atoms with Crippen LogP contribution < -0.4 is 11.1 Å². The monoisotopic (exact) mass is 198 g/mol. The van der Waals surface area contributed by atoms with Crippen LogP contribution in [0.25, 0.3) is 0 Å². The Kier molecular flexibility index (Phi) is 5.76. The minimum atomic E-state index is 0.745. The predicted octanol–water partition coefficient (Wildman–Crippen LogP) is 0.766. The lowest BCUT2D eigenvalue weighted by atomic mass is 10.2.